The highest BCUT2D eigenvalue weighted by molar-refractivity contribution is 7.99. The molecule has 1 saturated heterocycles. The molecule has 29 heavy (non-hydrogen) atoms. The first kappa shape index (κ1) is 21.6. The molecule has 1 amide bonds. The molecule has 10 heteroatoms. The summed E-state index contributed by atoms with van der Waals surface area (Å²) < 4.78 is 44.8. The Balaban J connectivity index is 1.60. The van der Waals surface area contributed by atoms with E-state index in [1.807, 2.05) is 42.8 Å². The van der Waals surface area contributed by atoms with E-state index in [0.29, 0.717) is 6.54 Å². The third-order valence-electron chi connectivity index (χ3n) is 4.68. The average Bonchev–Trinajstić information content (AvgIpc) is 3.05. The Morgan fingerprint density at radius 2 is 2.21 bits per heavy atom. The number of hydrogen-bond donors (Lipinski definition) is 0. The van der Waals surface area contributed by atoms with Gasteiger partial charge in [-0.05, 0) is 18.1 Å². The number of alkyl halides is 3. The Bertz CT molecular complexity index is 843. The van der Waals surface area contributed by atoms with Crippen LogP contribution >= 0.6 is 11.8 Å². The summed E-state index contributed by atoms with van der Waals surface area (Å²) in [7, 11) is 1.87. The number of ether oxygens (including phenoxy) is 1. The number of nitrogens with zero attached hydrogens (tertiary/aromatic N) is 4. The number of morpholine rings is 1. The van der Waals surface area contributed by atoms with Gasteiger partial charge in [0.2, 0.25) is 5.91 Å². The fourth-order valence-electron chi connectivity index (χ4n) is 3.18. The second-order valence-electron chi connectivity index (χ2n) is 7.06. The Kier molecular flexibility index (Phi) is 6.84. The lowest BCUT2D eigenvalue weighted by Crippen LogP contribution is -2.47. The molecule has 0 bridgehead atoms. The topological polar surface area (TPSA) is 60.2 Å². The number of carbonyl (C=O) groups is 1. The predicted octanol–water partition coefficient (Wildman–Crippen LogP) is 3.39. The molecule has 2 aromatic rings. The van der Waals surface area contributed by atoms with Gasteiger partial charge in [-0.15, -0.1) is 10.2 Å². The number of aryl methyl sites for hydroxylation is 1. The van der Waals surface area contributed by atoms with Crippen LogP contribution < -0.4 is 0 Å². The quantitative estimate of drug-likeness (QED) is 0.660. The van der Waals surface area contributed by atoms with Crippen LogP contribution in [0.4, 0.5) is 13.2 Å². The van der Waals surface area contributed by atoms with Gasteiger partial charge >= 0.3 is 6.18 Å². The number of carbonyl (C=O) groups excluding carboxylic acids is 1. The van der Waals surface area contributed by atoms with Crippen molar-refractivity contribution in [2.45, 2.75) is 42.5 Å². The van der Waals surface area contributed by atoms with Crippen molar-refractivity contribution < 1.29 is 22.7 Å². The van der Waals surface area contributed by atoms with E-state index in [4.69, 9.17) is 4.74 Å². The van der Waals surface area contributed by atoms with Crippen molar-refractivity contribution in [2.75, 3.05) is 19.7 Å². The molecule has 0 N–H and O–H groups in total. The molecule has 3 rings (SSSR count). The number of benzene rings is 1. The summed E-state index contributed by atoms with van der Waals surface area (Å²) >= 11 is 1.56. The highest BCUT2D eigenvalue weighted by atomic mass is 32.2. The predicted molar refractivity (Wildman–Crippen MR) is 102 cm³/mol. The number of aromatic nitrogens is 3. The van der Waals surface area contributed by atoms with Crippen molar-refractivity contribution in [3.05, 3.63) is 41.7 Å². The molecular formula is C19H23F3N4O2S. The number of thioether (sulfide) groups is 1. The molecule has 0 aliphatic carbocycles. The smallest absolute Gasteiger partial charge is 0.374 e. The van der Waals surface area contributed by atoms with E-state index in [2.05, 4.69) is 10.2 Å². The monoisotopic (exact) mass is 428 g/mol. The van der Waals surface area contributed by atoms with Crippen LogP contribution in [0.1, 0.15) is 29.7 Å². The van der Waals surface area contributed by atoms with Crippen LogP contribution in [-0.2, 0) is 23.0 Å². The maximum Gasteiger partial charge on any atom is 0.391 e. The lowest BCUT2D eigenvalue weighted by atomic mass is 10.1. The molecule has 1 aromatic heterocycles. The van der Waals surface area contributed by atoms with E-state index in [1.165, 1.54) is 4.90 Å². The molecular weight excluding hydrogens is 405 g/mol. The fraction of sp³-hybridized carbons (Fsp3) is 0.526. The lowest BCUT2D eigenvalue weighted by Gasteiger charge is -2.33. The first-order chi connectivity index (χ1) is 13.7. The van der Waals surface area contributed by atoms with E-state index in [-0.39, 0.29) is 30.7 Å². The normalized spacial score (nSPS) is 18.7. The Morgan fingerprint density at radius 1 is 1.41 bits per heavy atom. The first-order valence-corrected chi connectivity index (χ1v) is 10.1. The van der Waals surface area contributed by atoms with Gasteiger partial charge in [-0.25, -0.2) is 0 Å². The molecule has 2 atom stereocenters. The maximum absolute atomic E-state index is 12.6. The minimum absolute atomic E-state index is 0.0313. The molecule has 0 spiro atoms. The zero-order chi connectivity index (χ0) is 21.0. The van der Waals surface area contributed by atoms with Gasteiger partial charge in [0.25, 0.3) is 0 Å². The van der Waals surface area contributed by atoms with Crippen molar-refractivity contribution in [3.8, 4) is 0 Å². The molecule has 1 aromatic carbocycles. The van der Waals surface area contributed by atoms with Crippen LogP contribution in [0.2, 0.25) is 0 Å². The summed E-state index contributed by atoms with van der Waals surface area (Å²) in [5, 5.41) is 8.83. The second-order valence-corrected chi connectivity index (χ2v) is 8.37. The largest absolute Gasteiger partial charge is 0.391 e. The summed E-state index contributed by atoms with van der Waals surface area (Å²) in [6, 6.07) is 7.68. The van der Waals surface area contributed by atoms with Gasteiger partial charge in [0.15, 0.2) is 5.16 Å². The van der Waals surface area contributed by atoms with Gasteiger partial charge in [0.1, 0.15) is 6.33 Å². The zero-order valence-electron chi connectivity index (χ0n) is 16.2. The van der Waals surface area contributed by atoms with Gasteiger partial charge in [-0.2, -0.15) is 13.2 Å². The van der Waals surface area contributed by atoms with Crippen molar-refractivity contribution in [1.82, 2.24) is 19.7 Å². The summed E-state index contributed by atoms with van der Waals surface area (Å²) in [5.74, 6) is -0.189. The molecule has 1 aliphatic rings. The van der Waals surface area contributed by atoms with Crippen LogP contribution in [-0.4, -0.2) is 57.5 Å². The van der Waals surface area contributed by atoms with Crippen LogP contribution in [0.5, 0.6) is 0 Å². The maximum atomic E-state index is 12.6. The molecule has 1 fully saturated rings. The molecule has 158 valence electrons. The van der Waals surface area contributed by atoms with E-state index in [0.717, 1.165) is 16.3 Å². The highest BCUT2D eigenvalue weighted by Crippen LogP contribution is 2.33. The van der Waals surface area contributed by atoms with Crippen LogP contribution in [0.15, 0.2) is 35.7 Å². The molecule has 2 heterocycles. The van der Waals surface area contributed by atoms with Gasteiger partial charge in [-0.1, -0.05) is 36.0 Å². The summed E-state index contributed by atoms with van der Waals surface area (Å²) in [4.78, 5) is 14.1. The molecule has 1 aliphatic heterocycles. The van der Waals surface area contributed by atoms with Gasteiger partial charge in [-0.3, -0.25) is 4.79 Å². The minimum atomic E-state index is -4.30. The number of halogens is 3. The van der Waals surface area contributed by atoms with E-state index < -0.39 is 18.7 Å². The number of hydrogen-bond acceptors (Lipinski definition) is 5. The number of rotatable bonds is 6. The van der Waals surface area contributed by atoms with Crippen molar-refractivity contribution in [1.29, 1.82) is 0 Å². The standard InChI is InChI=1S/C19H23F3N4O2S/c1-13(29-18-24-23-12-25(18)2)15-5-3-4-14(8-15)9-17(27)26-6-7-28-16(11-26)10-19(20,21)22/h3-5,8,12-13,16H,6-7,9-11H2,1-2H3/t13-,16?/m0/s1. The number of amides is 1. The molecule has 0 saturated carbocycles. The van der Waals surface area contributed by atoms with E-state index in [1.54, 1.807) is 18.1 Å². The van der Waals surface area contributed by atoms with Crippen molar-refractivity contribution in [3.63, 3.8) is 0 Å². The van der Waals surface area contributed by atoms with Crippen molar-refractivity contribution in [2.24, 2.45) is 7.05 Å². The summed E-state index contributed by atoms with van der Waals surface area (Å²) in [6.07, 6.45) is -4.56. The minimum Gasteiger partial charge on any atom is -0.374 e. The van der Waals surface area contributed by atoms with E-state index >= 15 is 0 Å². The lowest BCUT2D eigenvalue weighted by molar-refractivity contribution is -0.174. The SMILES string of the molecule is C[C@H](Sc1nncn1C)c1cccc(CC(=O)N2CCOC(CC(F)(F)F)C2)c1. The average molecular weight is 428 g/mol. The van der Waals surface area contributed by atoms with Crippen LogP contribution in [0.25, 0.3) is 0 Å². The Morgan fingerprint density at radius 3 is 2.90 bits per heavy atom. The molecule has 0 radical (unpaired) electrons. The second kappa shape index (κ2) is 9.17. The summed E-state index contributed by atoms with van der Waals surface area (Å²) in [5.41, 5.74) is 1.87. The van der Waals surface area contributed by atoms with Gasteiger partial charge < -0.3 is 14.2 Å². The van der Waals surface area contributed by atoms with Gasteiger partial charge in [0.05, 0.1) is 25.6 Å². The highest BCUT2D eigenvalue weighted by Gasteiger charge is 2.35. The Labute approximate surface area is 171 Å². The van der Waals surface area contributed by atoms with Crippen LogP contribution in [0, 0.1) is 0 Å². The zero-order valence-corrected chi connectivity index (χ0v) is 17.0. The fourth-order valence-corrected chi connectivity index (χ4v) is 4.08. The summed E-state index contributed by atoms with van der Waals surface area (Å²) in [6.45, 7) is 2.45. The Hall–Kier alpha value is -2.07. The third kappa shape index (κ3) is 6.20. The third-order valence-corrected chi connectivity index (χ3v) is 5.88. The van der Waals surface area contributed by atoms with Crippen LogP contribution in [0.3, 0.4) is 0 Å². The first-order valence-electron chi connectivity index (χ1n) is 9.27. The van der Waals surface area contributed by atoms with Crippen molar-refractivity contribution >= 4 is 17.7 Å². The van der Waals surface area contributed by atoms with Gasteiger partial charge in [0, 0.05) is 25.4 Å². The molecule has 6 nitrogen and oxygen atoms in total. The molecule has 1 unspecified atom stereocenters. The van der Waals surface area contributed by atoms with E-state index in [9.17, 15) is 18.0 Å².